The van der Waals surface area contributed by atoms with E-state index in [2.05, 4.69) is 22.0 Å². The number of nitrogens with zero attached hydrogens (tertiary/aromatic N) is 3. The molecule has 2 rings (SSSR count). The molecule has 0 radical (unpaired) electrons. The van der Waals surface area contributed by atoms with Gasteiger partial charge in [-0.2, -0.15) is 0 Å². The molecule has 0 spiro atoms. The van der Waals surface area contributed by atoms with Crippen molar-refractivity contribution in [3.05, 3.63) is 23.8 Å². The zero-order valence-corrected chi connectivity index (χ0v) is 12.0. The number of likely N-dealkylation sites (N-methyl/N-ethyl adjacent to an activating group) is 1. The molecule has 110 valence electrons. The number of hydrogen-bond acceptors (Lipinski definition) is 5. The SMILES string of the molecule is COc1ccc(/C(N)=N/O)c(N2CCCN(C)CC2)c1. The first-order valence-corrected chi connectivity index (χ1v) is 6.75. The first kappa shape index (κ1) is 14.5. The molecule has 1 fully saturated rings. The first-order chi connectivity index (χ1) is 9.65. The highest BCUT2D eigenvalue weighted by molar-refractivity contribution is 6.02. The van der Waals surface area contributed by atoms with Crippen molar-refractivity contribution in [3.63, 3.8) is 0 Å². The number of nitrogens with two attached hydrogens (primary N) is 1. The predicted octanol–water partition coefficient (Wildman–Crippen LogP) is 0.932. The van der Waals surface area contributed by atoms with E-state index in [9.17, 15) is 0 Å². The molecule has 6 nitrogen and oxygen atoms in total. The topological polar surface area (TPSA) is 74.3 Å². The molecule has 1 aromatic carbocycles. The van der Waals surface area contributed by atoms with Crippen molar-refractivity contribution < 1.29 is 9.94 Å². The van der Waals surface area contributed by atoms with Crippen LogP contribution in [0.3, 0.4) is 0 Å². The zero-order valence-electron chi connectivity index (χ0n) is 12.0. The summed E-state index contributed by atoms with van der Waals surface area (Å²) >= 11 is 0. The number of oxime groups is 1. The molecule has 6 heteroatoms. The second kappa shape index (κ2) is 6.47. The summed E-state index contributed by atoms with van der Waals surface area (Å²) in [7, 11) is 3.76. The summed E-state index contributed by atoms with van der Waals surface area (Å²) in [5.41, 5.74) is 7.47. The van der Waals surface area contributed by atoms with Crippen LogP contribution in [-0.4, -0.2) is 56.3 Å². The second-order valence-corrected chi connectivity index (χ2v) is 5.01. The van der Waals surface area contributed by atoms with Crippen molar-refractivity contribution >= 4 is 11.5 Å². The lowest BCUT2D eigenvalue weighted by Gasteiger charge is -2.25. The van der Waals surface area contributed by atoms with Gasteiger partial charge in [0.25, 0.3) is 0 Å². The maximum Gasteiger partial charge on any atom is 0.172 e. The normalized spacial score (nSPS) is 17.9. The number of ether oxygens (including phenoxy) is 1. The minimum atomic E-state index is 0.125. The maximum absolute atomic E-state index is 8.94. The third kappa shape index (κ3) is 3.14. The van der Waals surface area contributed by atoms with Crippen LogP contribution in [0, 0.1) is 0 Å². The van der Waals surface area contributed by atoms with Gasteiger partial charge in [-0.3, -0.25) is 0 Å². The molecule has 20 heavy (non-hydrogen) atoms. The summed E-state index contributed by atoms with van der Waals surface area (Å²) in [6.45, 7) is 3.94. The average Bonchev–Trinajstić information content (AvgIpc) is 2.70. The van der Waals surface area contributed by atoms with Crippen LogP contribution < -0.4 is 15.4 Å². The monoisotopic (exact) mass is 278 g/mol. The van der Waals surface area contributed by atoms with Crippen LogP contribution in [0.2, 0.25) is 0 Å². The number of rotatable bonds is 3. The number of amidine groups is 1. The number of methoxy groups -OCH3 is 1. The number of anilines is 1. The molecule has 0 atom stereocenters. The Morgan fingerprint density at radius 1 is 1.30 bits per heavy atom. The van der Waals surface area contributed by atoms with E-state index >= 15 is 0 Å². The Kier molecular flexibility index (Phi) is 4.68. The quantitative estimate of drug-likeness (QED) is 0.372. The van der Waals surface area contributed by atoms with Crippen LogP contribution in [-0.2, 0) is 0 Å². The molecule has 0 aliphatic carbocycles. The fraction of sp³-hybridized carbons (Fsp3) is 0.500. The fourth-order valence-corrected chi connectivity index (χ4v) is 2.46. The molecule has 0 unspecified atom stereocenters. The molecule has 0 saturated carbocycles. The van der Waals surface area contributed by atoms with Gasteiger partial charge < -0.3 is 25.5 Å². The lowest BCUT2D eigenvalue weighted by molar-refractivity contribution is 0.318. The van der Waals surface area contributed by atoms with E-state index in [-0.39, 0.29) is 5.84 Å². The molecule has 0 bridgehead atoms. The van der Waals surface area contributed by atoms with Crippen molar-refractivity contribution in [3.8, 4) is 5.75 Å². The van der Waals surface area contributed by atoms with E-state index in [1.165, 1.54) is 0 Å². The third-order valence-electron chi connectivity index (χ3n) is 3.65. The van der Waals surface area contributed by atoms with E-state index < -0.39 is 0 Å². The Bertz CT molecular complexity index is 490. The third-order valence-corrected chi connectivity index (χ3v) is 3.65. The Balaban J connectivity index is 2.36. The second-order valence-electron chi connectivity index (χ2n) is 5.01. The predicted molar refractivity (Wildman–Crippen MR) is 79.8 cm³/mol. The van der Waals surface area contributed by atoms with E-state index in [0.717, 1.165) is 49.6 Å². The van der Waals surface area contributed by atoms with Gasteiger partial charge in [-0.15, -0.1) is 0 Å². The van der Waals surface area contributed by atoms with E-state index in [1.807, 2.05) is 18.2 Å². The largest absolute Gasteiger partial charge is 0.497 e. The molecule has 1 saturated heterocycles. The van der Waals surface area contributed by atoms with E-state index in [0.29, 0.717) is 0 Å². The van der Waals surface area contributed by atoms with Gasteiger partial charge in [-0.1, -0.05) is 5.16 Å². The molecule has 1 aromatic rings. The van der Waals surface area contributed by atoms with Crippen molar-refractivity contribution in [1.82, 2.24) is 4.90 Å². The summed E-state index contributed by atoms with van der Waals surface area (Å²) in [6, 6.07) is 5.59. The number of benzene rings is 1. The smallest absolute Gasteiger partial charge is 0.172 e. The molecule has 1 aliphatic rings. The van der Waals surface area contributed by atoms with Crippen molar-refractivity contribution in [2.75, 3.05) is 45.2 Å². The standard InChI is InChI=1S/C14H22N4O2/c1-17-6-3-7-18(9-8-17)13-10-11(20-2)4-5-12(13)14(15)16-19/h4-5,10,19H,3,6-9H2,1-2H3,(H2,15,16). The summed E-state index contributed by atoms with van der Waals surface area (Å²) in [6.07, 6.45) is 1.09. The van der Waals surface area contributed by atoms with E-state index in [4.69, 9.17) is 15.7 Å². The molecule has 0 aromatic heterocycles. The summed E-state index contributed by atoms with van der Waals surface area (Å²) < 4.78 is 5.29. The minimum Gasteiger partial charge on any atom is -0.497 e. The maximum atomic E-state index is 8.94. The van der Waals surface area contributed by atoms with Crippen LogP contribution in [0.4, 0.5) is 5.69 Å². The van der Waals surface area contributed by atoms with Crippen molar-refractivity contribution in [2.24, 2.45) is 10.9 Å². The molecule has 1 heterocycles. The molecule has 0 amide bonds. The van der Waals surface area contributed by atoms with Gasteiger partial charge in [0.1, 0.15) is 5.75 Å². The van der Waals surface area contributed by atoms with Crippen LogP contribution in [0.25, 0.3) is 0 Å². The lowest BCUT2D eigenvalue weighted by Crippen LogP contribution is -2.30. The van der Waals surface area contributed by atoms with Gasteiger partial charge in [0.15, 0.2) is 5.84 Å². The summed E-state index contributed by atoms with van der Waals surface area (Å²) in [5, 5.41) is 12.1. The highest BCUT2D eigenvalue weighted by atomic mass is 16.5. The summed E-state index contributed by atoms with van der Waals surface area (Å²) in [5.74, 6) is 0.896. The van der Waals surface area contributed by atoms with Gasteiger partial charge >= 0.3 is 0 Å². The van der Waals surface area contributed by atoms with Gasteiger partial charge in [-0.25, -0.2) is 0 Å². The molecular formula is C14H22N4O2. The van der Waals surface area contributed by atoms with Crippen molar-refractivity contribution in [1.29, 1.82) is 0 Å². The Hall–Kier alpha value is -1.95. The Labute approximate surface area is 119 Å². The lowest BCUT2D eigenvalue weighted by atomic mass is 10.1. The fourth-order valence-electron chi connectivity index (χ4n) is 2.46. The van der Waals surface area contributed by atoms with Crippen molar-refractivity contribution in [2.45, 2.75) is 6.42 Å². The molecule has 1 aliphatic heterocycles. The Morgan fingerprint density at radius 3 is 2.80 bits per heavy atom. The van der Waals surface area contributed by atoms with Gasteiger partial charge in [0.05, 0.1) is 12.8 Å². The van der Waals surface area contributed by atoms with E-state index in [1.54, 1.807) is 7.11 Å². The van der Waals surface area contributed by atoms with Crippen LogP contribution in [0.1, 0.15) is 12.0 Å². The van der Waals surface area contributed by atoms with Crippen LogP contribution >= 0.6 is 0 Å². The van der Waals surface area contributed by atoms with Crippen LogP contribution in [0.5, 0.6) is 5.75 Å². The summed E-state index contributed by atoms with van der Waals surface area (Å²) in [4.78, 5) is 4.57. The van der Waals surface area contributed by atoms with Gasteiger partial charge in [0.2, 0.25) is 0 Å². The highest BCUT2D eigenvalue weighted by Crippen LogP contribution is 2.27. The minimum absolute atomic E-state index is 0.125. The zero-order chi connectivity index (χ0) is 14.5. The Morgan fingerprint density at radius 2 is 2.10 bits per heavy atom. The van der Waals surface area contributed by atoms with Crippen LogP contribution in [0.15, 0.2) is 23.4 Å². The number of hydrogen-bond donors (Lipinski definition) is 2. The highest BCUT2D eigenvalue weighted by Gasteiger charge is 2.18. The van der Waals surface area contributed by atoms with Gasteiger partial charge in [0, 0.05) is 31.3 Å². The molecule has 3 N–H and O–H groups in total. The average molecular weight is 278 g/mol. The van der Waals surface area contributed by atoms with Gasteiger partial charge in [-0.05, 0) is 32.1 Å². The molecular weight excluding hydrogens is 256 g/mol. The first-order valence-electron chi connectivity index (χ1n) is 6.75.